The molecule has 11 nitrogen and oxygen atoms in total. The van der Waals surface area contributed by atoms with E-state index < -0.39 is 72.3 Å². The van der Waals surface area contributed by atoms with Gasteiger partial charge in [-0.15, -0.1) is 0 Å². The van der Waals surface area contributed by atoms with Gasteiger partial charge in [0.05, 0.1) is 25.1 Å². The van der Waals surface area contributed by atoms with E-state index >= 15 is 0 Å². The Bertz CT molecular complexity index is 1330. The first-order chi connectivity index (χ1) is 22.1. The number of fused-ring (bicyclic) bond motifs is 2. The zero-order valence-corrected chi connectivity index (χ0v) is 27.8. The molecule has 3 fully saturated rings. The third-order valence-electron chi connectivity index (χ3n) is 10.2. The SMILES string of the molecule is C[C@@H](CN(C(=O)O)C(C)(C)C)C(=O)N[C@H](C(=O)N1C[C@H]2CC(F)(F)CN2C[C@H]1C(=O)N[C@@H]1CCOc2ccccc21)C1CCCCC1. The minimum absolute atomic E-state index is 0.0381. The predicted octanol–water partition coefficient (Wildman–Crippen LogP) is 4.03. The zero-order valence-electron chi connectivity index (χ0n) is 27.8. The van der Waals surface area contributed by atoms with E-state index in [0.29, 0.717) is 31.6 Å². The van der Waals surface area contributed by atoms with E-state index in [1.165, 1.54) is 9.80 Å². The van der Waals surface area contributed by atoms with E-state index in [0.717, 1.165) is 24.8 Å². The third kappa shape index (κ3) is 7.98. The summed E-state index contributed by atoms with van der Waals surface area (Å²) in [5, 5.41) is 15.8. The normalized spacial score (nSPS) is 25.8. The van der Waals surface area contributed by atoms with Gasteiger partial charge in [-0.1, -0.05) is 44.4 Å². The molecule has 3 N–H and O–H groups in total. The highest BCUT2D eigenvalue weighted by molar-refractivity contribution is 5.93. The van der Waals surface area contributed by atoms with Crippen molar-refractivity contribution < 1.29 is 37.8 Å². The number of nitrogens with one attached hydrogen (secondary N) is 2. The molecular formula is C34H49F2N5O6. The Morgan fingerprint density at radius 2 is 1.79 bits per heavy atom. The number of carboxylic acid groups (broad SMARTS) is 1. The monoisotopic (exact) mass is 661 g/mol. The van der Waals surface area contributed by atoms with Gasteiger partial charge in [0, 0.05) is 49.6 Å². The molecular weight excluding hydrogens is 612 g/mol. The Hall–Kier alpha value is -3.48. The highest BCUT2D eigenvalue weighted by Crippen LogP contribution is 2.37. The van der Waals surface area contributed by atoms with Gasteiger partial charge in [0.2, 0.25) is 17.7 Å². The lowest BCUT2D eigenvalue weighted by Crippen LogP contribution is -2.66. The number of halogens is 2. The number of ether oxygens (including phenoxy) is 1. The van der Waals surface area contributed by atoms with E-state index in [4.69, 9.17) is 4.74 Å². The second-order valence-electron chi connectivity index (χ2n) is 14.7. The Morgan fingerprint density at radius 1 is 1.09 bits per heavy atom. The lowest BCUT2D eigenvalue weighted by molar-refractivity contribution is -0.150. The number of hydrogen-bond acceptors (Lipinski definition) is 6. The fourth-order valence-corrected chi connectivity index (χ4v) is 7.58. The van der Waals surface area contributed by atoms with E-state index in [1.807, 2.05) is 24.3 Å². The average Bonchev–Trinajstić information content (AvgIpc) is 3.33. The molecule has 5 atom stereocenters. The van der Waals surface area contributed by atoms with Crippen LogP contribution in [-0.4, -0.2) is 106 Å². The molecule has 1 aliphatic carbocycles. The standard InChI is InChI=1S/C34H49F2N5O6/c1-21(17-41(32(45)46)33(2,3)4)29(42)38-28(22-10-6-5-7-11-22)31(44)40-18-23-16-34(35,36)20-39(23)19-26(40)30(43)37-25-14-15-47-27-13-9-8-12-24(25)27/h8-9,12-13,21-23,25-26,28H,5-7,10-11,14-20H2,1-4H3,(H,37,43)(H,38,42)(H,45,46)/t21-,23+,25+,26-,28-/m0/s1. The van der Waals surface area contributed by atoms with Crippen LogP contribution in [0.15, 0.2) is 24.3 Å². The van der Waals surface area contributed by atoms with Crippen LogP contribution in [0.5, 0.6) is 5.75 Å². The van der Waals surface area contributed by atoms with Gasteiger partial charge in [0.25, 0.3) is 5.92 Å². The van der Waals surface area contributed by atoms with Crippen LogP contribution in [0.4, 0.5) is 13.6 Å². The molecule has 13 heteroatoms. The Balaban J connectivity index is 1.40. The van der Waals surface area contributed by atoms with Crippen molar-refractivity contribution in [3.63, 3.8) is 0 Å². The number of hydrogen-bond donors (Lipinski definition) is 3. The highest BCUT2D eigenvalue weighted by Gasteiger charge is 2.52. The van der Waals surface area contributed by atoms with Gasteiger partial charge < -0.3 is 30.3 Å². The van der Waals surface area contributed by atoms with Gasteiger partial charge in [-0.3, -0.25) is 19.3 Å². The smallest absolute Gasteiger partial charge is 0.407 e. The number of piperazine rings is 1. The molecule has 2 saturated heterocycles. The van der Waals surface area contributed by atoms with Crippen molar-refractivity contribution in [3.05, 3.63) is 29.8 Å². The lowest BCUT2D eigenvalue weighted by Gasteiger charge is -2.45. The number of alkyl halides is 2. The van der Waals surface area contributed by atoms with Crippen molar-refractivity contribution in [1.29, 1.82) is 0 Å². The second-order valence-corrected chi connectivity index (χ2v) is 14.7. The number of para-hydroxylation sites is 1. The maximum absolute atomic E-state index is 14.6. The molecule has 1 aromatic rings. The molecule has 4 aliphatic rings. The predicted molar refractivity (Wildman–Crippen MR) is 170 cm³/mol. The second kappa shape index (κ2) is 13.9. The first-order valence-electron chi connectivity index (χ1n) is 16.9. The van der Waals surface area contributed by atoms with Crippen LogP contribution in [0, 0.1) is 11.8 Å². The van der Waals surface area contributed by atoms with Crippen LogP contribution in [-0.2, 0) is 14.4 Å². The summed E-state index contributed by atoms with van der Waals surface area (Å²) < 4.78 is 35.0. The van der Waals surface area contributed by atoms with E-state index in [9.17, 15) is 33.1 Å². The molecule has 0 bridgehead atoms. The van der Waals surface area contributed by atoms with Gasteiger partial charge in [-0.2, -0.15) is 0 Å². The summed E-state index contributed by atoms with van der Waals surface area (Å²) in [4.78, 5) is 58.5. The van der Waals surface area contributed by atoms with Gasteiger partial charge >= 0.3 is 6.09 Å². The molecule has 47 heavy (non-hydrogen) atoms. The van der Waals surface area contributed by atoms with E-state index in [1.54, 1.807) is 32.6 Å². The van der Waals surface area contributed by atoms with Crippen LogP contribution in [0.25, 0.3) is 0 Å². The molecule has 0 aromatic heterocycles. The minimum Gasteiger partial charge on any atom is -0.493 e. The maximum Gasteiger partial charge on any atom is 0.407 e. The molecule has 0 radical (unpaired) electrons. The number of carbonyl (C=O) groups is 4. The first kappa shape index (κ1) is 34.8. The van der Waals surface area contributed by atoms with Crippen molar-refractivity contribution >= 4 is 23.8 Å². The minimum atomic E-state index is -2.93. The van der Waals surface area contributed by atoms with Gasteiger partial charge in [0.15, 0.2) is 0 Å². The van der Waals surface area contributed by atoms with Crippen molar-refractivity contribution in [2.45, 2.75) is 108 Å². The van der Waals surface area contributed by atoms with Crippen molar-refractivity contribution in [3.8, 4) is 5.75 Å². The Kier molecular flexibility index (Phi) is 10.3. The number of rotatable bonds is 8. The van der Waals surface area contributed by atoms with Crippen molar-refractivity contribution in [1.82, 2.24) is 25.3 Å². The van der Waals surface area contributed by atoms with Crippen LogP contribution in [0.3, 0.4) is 0 Å². The quantitative estimate of drug-likeness (QED) is 0.384. The van der Waals surface area contributed by atoms with Crippen LogP contribution < -0.4 is 15.4 Å². The van der Waals surface area contributed by atoms with Crippen LogP contribution in [0.2, 0.25) is 0 Å². The summed E-state index contributed by atoms with van der Waals surface area (Å²) in [5.41, 5.74) is 0.0754. The molecule has 0 unspecified atom stereocenters. The summed E-state index contributed by atoms with van der Waals surface area (Å²) in [6.07, 6.45) is 3.14. The van der Waals surface area contributed by atoms with Crippen LogP contribution >= 0.6 is 0 Å². The molecule has 5 rings (SSSR count). The van der Waals surface area contributed by atoms with Gasteiger partial charge in [-0.05, 0) is 45.6 Å². The molecule has 1 saturated carbocycles. The number of amides is 4. The molecule has 0 spiro atoms. The summed E-state index contributed by atoms with van der Waals surface area (Å²) in [7, 11) is 0. The first-order valence-corrected chi connectivity index (χ1v) is 16.9. The van der Waals surface area contributed by atoms with Gasteiger partial charge in [-0.25, -0.2) is 13.6 Å². The molecule has 3 aliphatic heterocycles. The highest BCUT2D eigenvalue weighted by atomic mass is 19.3. The lowest BCUT2D eigenvalue weighted by atomic mass is 9.82. The fraction of sp³-hybridized carbons (Fsp3) is 0.706. The van der Waals surface area contributed by atoms with Crippen molar-refractivity contribution in [2.24, 2.45) is 11.8 Å². The number of nitrogens with zero attached hydrogens (tertiary/aromatic N) is 3. The summed E-state index contributed by atoms with van der Waals surface area (Å²) in [6.45, 7) is 6.63. The molecule has 3 heterocycles. The van der Waals surface area contributed by atoms with Crippen molar-refractivity contribution in [2.75, 3.05) is 32.8 Å². The topological polar surface area (TPSA) is 132 Å². The Morgan fingerprint density at radius 3 is 2.47 bits per heavy atom. The largest absolute Gasteiger partial charge is 0.493 e. The molecule has 260 valence electrons. The number of carbonyl (C=O) groups excluding carboxylic acids is 3. The van der Waals surface area contributed by atoms with Gasteiger partial charge in [0.1, 0.15) is 17.8 Å². The summed E-state index contributed by atoms with van der Waals surface area (Å²) >= 11 is 0. The maximum atomic E-state index is 14.6. The Labute approximate surface area is 275 Å². The average molecular weight is 662 g/mol. The summed E-state index contributed by atoms with van der Waals surface area (Å²) in [5.74, 6) is -4.57. The fourth-order valence-electron chi connectivity index (χ4n) is 7.58. The summed E-state index contributed by atoms with van der Waals surface area (Å²) in [6, 6.07) is 4.43. The molecule has 1 aromatic carbocycles. The zero-order chi connectivity index (χ0) is 34.1. The van der Waals surface area contributed by atoms with E-state index in [-0.39, 0.29) is 31.6 Å². The molecule has 4 amide bonds. The van der Waals surface area contributed by atoms with E-state index in [2.05, 4.69) is 10.6 Å². The third-order valence-corrected chi connectivity index (χ3v) is 10.2. The number of benzene rings is 1. The van der Waals surface area contributed by atoms with Crippen LogP contribution in [0.1, 0.15) is 84.2 Å².